The summed E-state index contributed by atoms with van der Waals surface area (Å²) >= 11 is 0. The minimum atomic E-state index is 0.648. The molecule has 0 aliphatic carbocycles. The van der Waals surface area contributed by atoms with Crippen molar-refractivity contribution in [1.29, 1.82) is 0 Å². The number of anilines is 1. The molecule has 0 spiro atoms. The fourth-order valence-corrected chi connectivity index (χ4v) is 1.82. The van der Waals surface area contributed by atoms with E-state index in [1.165, 1.54) is 5.56 Å². The Bertz CT molecular complexity index is 535. The van der Waals surface area contributed by atoms with Gasteiger partial charge in [-0.1, -0.05) is 12.1 Å². The highest BCUT2D eigenvalue weighted by Crippen LogP contribution is 2.19. The van der Waals surface area contributed by atoms with Crippen LogP contribution in [0.3, 0.4) is 0 Å². The molecule has 2 rings (SSSR count). The molecule has 2 N–H and O–H groups in total. The summed E-state index contributed by atoms with van der Waals surface area (Å²) in [6, 6.07) is 13.8. The van der Waals surface area contributed by atoms with Gasteiger partial charge in [-0.3, -0.25) is 0 Å². The van der Waals surface area contributed by atoms with Gasteiger partial charge in [0.05, 0.1) is 13.7 Å². The molecule has 2 aromatic rings. The molecule has 2 aromatic carbocycles. The number of methoxy groups -OCH3 is 1. The largest absolute Gasteiger partial charge is 0.497 e. The van der Waals surface area contributed by atoms with Gasteiger partial charge in [0.15, 0.2) is 0 Å². The smallest absolute Gasteiger partial charge is 0.119 e. The van der Waals surface area contributed by atoms with Crippen LogP contribution in [-0.4, -0.2) is 13.7 Å². The maximum absolute atomic E-state index is 5.77. The van der Waals surface area contributed by atoms with Gasteiger partial charge >= 0.3 is 0 Å². The molecule has 0 aliphatic heterocycles. The van der Waals surface area contributed by atoms with Crippen molar-refractivity contribution in [2.45, 2.75) is 13.3 Å². The number of hydrogen-bond acceptors (Lipinski definition) is 3. The molecule has 100 valence electrons. The molecule has 0 amide bonds. The zero-order chi connectivity index (χ0) is 13.7. The second kappa shape index (κ2) is 6.14. The number of nitrogen functional groups attached to an aromatic ring is 1. The number of aryl methyl sites for hydroxylation is 1. The quantitative estimate of drug-likeness (QED) is 0.836. The molecular weight excluding hydrogens is 238 g/mol. The van der Waals surface area contributed by atoms with Crippen molar-refractivity contribution in [3.8, 4) is 11.5 Å². The average Bonchev–Trinajstić information content (AvgIpc) is 2.43. The van der Waals surface area contributed by atoms with E-state index in [0.29, 0.717) is 6.61 Å². The topological polar surface area (TPSA) is 44.5 Å². The first kappa shape index (κ1) is 13.3. The molecule has 0 saturated heterocycles. The zero-order valence-corrected chi connectivity index (χ0v) is 11.3. The fourth-order valence-electron chi connectivity index (χ4n) is 1.82. The van der Waals surface area contributed by atoms with Crippen LogP contribution in [0.4, 0.5) is 5.69 Å². The molecule has 0 saturated carbocycles. The van der Waals surface area contributed by atoms with Crippen molar-refractivity contribution in [2.24, 2.45) is 0 Å². The SMILES string of the molecule is COc1ccc(CCOc2ccc(N)c(C)c2)cc1. The molecule has 3 heteroatoms. The van der Waals surface area contributed by atoms with E-state index in [9.17, 15) is 0 Å². The van der Waals surface area contributed by atoms with E-state index >= 15 is 0 Å². The van der Waals surface area contributed by atoms with Gasteiger partial charge < -0.3 is 15.2 Å². The molecule has 0 heterocycles. The lowest BCUT2D eigenvalue weighted by molar-refractivity contribution is 0.321. The average molecular weight is 257 g/mol. The Balaban J connectivity index is 1.86. The van der Waals surface area contributed by atoms with Crippen LogP contribution >= 0.6 is 0 Å². The van der Waals surface area contributed by atoms with E-state index in [0.717, 1.165) is 29.2 Å². The standard InChI is InChI=1S/C16H19NO2/c1-12-11-15(7-8-16(12)17)19-10-9-13-3-5-14(18-2)6-4-13/h3-8,11H,9-10,17H2,1-2H3. The summed E-state index contributed by atoms with van der Waals surface area (Å²) in [5.74, 6) is 1.74. The molecule has 3 nitrogen and oxygen atoms in total. The first-order chi connectivity index (χ1) is 9.19. The summed E-state index contributed by atoms with van der Waals surface area (Å²) in [6.45, 7) is 2.63. The third-order valence-corrected chi connectivity index (χ3v) is 3.06. The van der Waals surface area contributed by atoms with E-state index in [4.69, 9.17) is 15.2 Å². The molecule has 0 atom stereocenters. The number of benzene rings is 2. The van der Waals surface area contributed by atoms with E-state index in [2.05, 4.69) is 12.1 Å². The molecule has 0 aliphatic rings. The van der Waals surface area contributed by atoms with Crippen molar-refractivity contribution in [3.63, 3.8) is 0 Å². The third-order valence-electron chi connectivity index (χ3n) is 3.06. The summed E-state index contributed by atoms with van der Waals surface area (Å²) in [6.07, 6.45) is 0.868. The molecule has 19 heavy (non-hydrogen) atoms. The van der Waals surface area contributed by atoms with Crippen molar-refractivity contribution < 1.29 is 9.47 Å². The van der Waals surface area contributed by atoms with Crippen LogP contribution in [0.5, 0.6) is 11.5 Å². The van der Waals surface area contributed by atoms with Crippen molar-refractivity contribution >= 4 is 5.69 Å². The maximum Gasteiger partial charge on any atom is 0.119 e. The van der Waals surface area contributed by atoms with Crippen LogP contribution in [0.25, 0.3) is 0 Å². The van der Waals surface area contributed by atoms with E-state index in [1.807, 2.05) is 37.3 Å². The van der Waals surface area contributed by atoms with Gasteiger partial charge in [0.2, 0.25) is 0 Å². The minimum absolute atomic E-state index is 0.648. The van der Waals surface area contributed by atoms with E-state index < -0.39 is 0 Å². The van der Waals surface area contributed by atoms with Gasteiger partial charge in [0.1, 0.15) is 11.5 Å². The number of ether oxygens (including phenoxy) is 2. The van der Waals surface area contributed by atoms with Crippen molar-refractivity contribution in [2.75, 3.05) is 19.5 Å². The summed E-state index contributed by atoms with van der Waals surface area (Å²) in [7, 11) is 1.67. The van der Waals surface area contributed by atoms with Gasteiger partial charge in [-0.25, -0.2) is 0 Å². The molecule has 0 radical (unpaired) electrons. The maximum atomic E-state index is 5.77. The van der Waals surface area contributed by atoms with E-state index in [1.54, 1.807) is 7.11 Å². The van der Waals surface area contributed by atoms with Crippen molar-refractivity contribution in [3.05, 3.63) is 53.6 Å². The number of rotatable bonds is 5. The molecule has 0 fully saturated rings. The van der Waals surface area contributed by atoms with E-state index in [-0.39, 0.29) is 0 Å². The summed E-state index contributed by atoms with van der Waals surface area (Å²) in [5, 5.41) is 0. The second-order valence-electron chi connectivity index (χ2n) is 4.46. The number of nitrogens with two attached hydrogens (primary N) is 1. The van der Waals surface area contributed by atoms with Crippen LogP contribution in [0, 0.1) is 6.92 Å². The molecular formula is C16H19NO2. The Morgan fingerprint density at radius 2 is 1.68 bits per heavy atom. The Kier molecular flexibility index (Phi) is 4.29. The highest BCUT2D eigenvalue weighted by Gasteiger charge is 1.99. The van der Waals surface area contributed by atoms with Crippen LogP contribution in [0.15, 0.2) is 42.5 Å². The Hall–Kier alpha value is -2.16. The molecule has 0 aromatic heterocycles. The Morgan fingerprint density at radius 3 is 2.32 bits per heavy atom. The fraction of sp³-hybridized carbons (Fsp3) is 0.250. The van der Waals surface area contributed by atoms with Crippen LogP contribution < -0.4 is 15.2 Å². The summed E-state index contributed by atoms with van der Waals surface area (Å²) < 4.78 is 10.8. The summed E-state index contributed by atoms with van der Waals surface area (Å²) in [5.41, 5.74) is 8.84. The highest BCUT2D eigenvalue weighted by atomic mass is 16.5. The monoisotopic (exact) mass is 257 g/mol. The van der Waals surface area contributed by atoms with Gasteiger partial charge in [-0.05, 0) is 48.4 Å². The lowest BCUT2D eigenvalue weighted by Crippen LogP contribution is -2.02. The third kappa shape index (κ3) is 3.65. The minimum Gasteiger partial charge on any atom is -0.497 e. The van der Waals surface area contributed by atoms with Gasteiger partial charge in [-0.2, -0.15) is 0 Å². The van der Waals surface area contributed by atoms with Gasteiger partial charge in [0.25, 0.3) is 0 Å². The lowest BCUT2D eigenvalue weighted by Gasteiger charge is -2.08. The lowest BCUT2D eigenvalue weighted by atomic mass is 10.1. The molecule has 0 bridgehead atoms. The van der Waals surface area contributed by atoms with Crippen LogP contribution in [-0.2, 0) is 6.42 Å². The number of hydrogen-bond donors (Lipinski definition) is 1. The Morgan fingerprint density at radius 1 is 1.00 bits per heavy atom. The van der Waals surface area contributed by atoms with Crippen LogP contribution in [0.1, 0.15) is 11.1 Å². The first-order valence-corrected chi connectivity index (χ1v) is 6.31. The zero-order valence-electron chi connectivity index (χ0n) is 11.3. The second-order valence-corrected chi connectivity index (χ2v) is 4.46. The normalized spacial score (nSPS) is 10.2. The highest BCUT2D eigenvalue weighted by molar-refractivity contribution is 5.49. The predicted octanol–water partition coefficient (Wildman–Crippen LogP) is 3.21. The van der Waals surface area contributed by atoms with Crippen molar-refractivity contribution in [1.82, 2.24) is 0 Å². The molecule has 0 unspecified atom stereocenters. The van der Waals surface area contributed by atoms with Gasteiger partial charge in [0, 0.05) is 12.1 Å². The Labute approximate surface area is 114 Å². The predicted molar refractivity (Wildman–Crippen MR) is 77.8 cm³/mol. The van der Waals surface area contributed by atoms with Crippen LogP contribution in [0.2, 0.25) is 0 Å². The summed E-state index contributed by atoms with van der Waals surface area (Å²) in [4.78, 5) is 0. The first-order valence-electron chi connectivity index (χ1n) is 6.31. The van der Waals surface area contributed by atoms with Gasteiger partial charge in [-0.15, -0.1) is 0 Å².